The van der Waals surface area contributed by atoms with Crippen molar-refractivity contribution in [1.29, 1.82) is 0 Å². The number of nitrogens with one attached hydrogen (secondary N) is 1. The number of hydrogen-bond acceptors (Lipinski definition) is 6. The summed E-state index contributed by atoms with van der Waals surface area (Å²) in [6, 6.07) is 13.9. The highest BCUT2D eigenvalue weighted by atomic mass is 32.1. The lowest BCUT2D eigenvalue weighted by Gasteiger charge is -2.37. The van der Waals surface area contributed by atoms with E-state index >= 15 is 0 Å². The van der Waals surface area contributed by atoms with Crippen molar-refractivity contribution in [1.82, 2.24) is 9.88 Å². The second kappa shape index (κ2) is 8.32. The second-order valence-electron chi connectivity index (χ2n) is 8.06. The van der Waals surface area contributed by atoms with Gasteiger partial charge in [-0.15, -0.1) is 11.3 Å². The van der Waals surface area contributed by atoms with Gasteiger partial charge in [-0.05, 0) is 43.1 Å². The van der Waals surface area contributed by atoms with Crippen molar-refractivity contribution in [3.05, 3.63) is 70.2 Å². The molecule has 0 bridgehead atoms. The van der Waals surface area contributed by atoms with E-state index in [4.69, 9.17) is 9.47 Å². The monoisotopic (exact) mass is 435 g/mol. The molecule has 0 unspecified atom stereocenters. The Balaban J connectivity index is 1.35. The Hall–Kier alpha value is -2.90. The molecule has 0 saturated carbocycles. The van der Waals surface area contributed by atoms with E-state index in [0.717, 1.165) is 54.3 Å². The van der Waals surface area contributed by atoms with Crippen molar-refractivity contribution < 1.29 is 14.3 Å². The number of methoxy groups -OCH3 is 1. The molecule has 0 atom stereocenters. The van der Waals surface area contributed by atoms with Crippen LogP contribution < -0.4 is 14.8 Å². The fourth-order valence-electron chi connectivity index (χ4n) is 4.54. The number of rotatable bonds is 6. The van der Waals surface area contributed by atoms with Crippen LogP contribution in [0.15, 0.2) is 54.0 Å². The quantitative estimate of drug-likeness (QED) is 0.628. The Bertz CT molecular complexity index is 1060. The number of fused-ring (bicyclic) bond motifs is 2. The van der Waals surface area contributed by atoms with E-state index in [2.05, 4.69) is 15.2 Å². The zero-order valence-corrected chi connectivity index (χ0v) is 18.3. The molecule has 1 N–H and O–H groups in total. The molecule has 1 aromatic heterocycles. The van der Waals surface area contributed by atoms with E-state index in [9.17, 15) is 4.79 Å². The van der Waals surface area contributed by atoms with Gasteiger partial charge in [0.1, 0.15) is 11.6 Å². The first kappa shape index (κ1) is 20.0. The predicted molar refractivity (Wildman–Crippen MR) is 121 cm³/mol. The molecule has 0 aliphatic carbocycles. The maximum Gasteiger partial charge on any atom is 0.235 e. The number of thiazole rings is 1. The standard InChI is InChI=1S/C24H25N3O3S/c1-29-20-13-18-19(14-21(20)30-16-17-5-3-2-4-6-17)26-23(28)24(18)7-10-27(11-8-24)15-22-25-9-12-31-22/h2-6,9,12-14H,7-8,10-11,15-16H2,1H3,(H,26,28). The SMILES string of the molecule is COc1cc2c(cc1OCc1ccccc1)NC(=O)C21CCN(Cc2nccs2)CC1. The largest absolute Gasteiger partial charge is 0.493 e. The lowest BCUT2D eigenvalue weighted by molar-refractivity contribution is -0.122. The first-order valence-corrected chi connectivity index (χ1v) is 11.4. The van der Waals surface area contributed by atoms with Crippen LogP contribution in [0.4, 0.5) is 5.69 Å². The molecule has 1 saturated heterocycles. The third-order valence-corrected chi connectivity index (χ3v) is 7.06. The van der Waals surface area contributed by atoms with Gasteiger partial charge in [-0.25, -0.2) is 4.98 Å². The zero-order valence-electron chi connectivity index (χ0n) is 17.5. The van der Waals surface area contributed by atoms with E-state index in [1.165, 1.54) is 0 Å². The summed E-state index contributed by atoms with van der Waals surface area (Å²) < 4.78 is 11.7. The number of carbonyl (C=O) groups is 1. The average molecular weight is 436 g/mol. The number of piperidine rings is 1. The van der Waals surface area contributed by atoms with Gasteiger partial charge in [0.2, 0.25) is 5.91 Å². The van der Waals surface area contributed by atoms with Crippen LogP contribution in [0.25, 0.3) is 0 Å². The van der Waals surface area contributed by atoms with Gasteiger partial charge in [0, 0.05) is 23.3 Å². The average Bonchev–Trinajstić information content (AvgIpc) is 3.40. The zero-order chi connectivity index (χ0) is 21.3. The second-order valence-corrected chi connectivity index (χ2v) is 9.04. The number of benzene rings is 2. The molecule has 0 radical (unpaired) electrons. The van der Waals surface area contributed by atoms with Crippen LogP contribution in [0, 0.1) is 0 Å². The number of amides is 1. The normalized spacial score (nSPS) is 17.4. The summed E-state index contributed by atoms with van der Waals surface area (Å²) in [5, 5.41) is 6.23. The van der Waals surface area contributed by atoms with Gasteiger partial charge in [0.05, 0.1) is 19.1 Å². The van der Waals surface area contributed by atoms with Crippen molar-refractivity contribution in [2.75, 3.05) is 25.5 Å². The predicted octanol–water partition coefficient (Wildman–Crippen LogP) is 4.22. The number of anilines is 1. The molecule has 2 aliphatic heterocycles. The molecule has 5 rings (SSSR count). The minimum Gasteiger partial charge on any atom is -0.493 e. The number of likely N-dealkylation sites (tertiary alicyclic amines) is 1. The molecule has 3 heterocycles. The van der Waals surface area contributed by atoms with Crippen molar-refractivity contribution in [2.45, 2.75) is 31.4 Å². The van der Waals surface area contributed by atoms with E-state index in [1.54, 1.807) is 18.4 Å². The summed E-state index contributed by atoms with van der Waals surface area (Å²) in [6.07, 6.45) is 3.41. The number of aromatic nitrogens is 1. The summed E-state index contributed by atoms with van der Waals surface area (Å²) in [7, 11) is 1.64. The van der Waals surface area contributed by atoms with Crippen molar-refractivity contribution >= 4 is 22.9 Å². The maximum atomic E-state index is 13.1. The Morgan fingerprint density at radius 3 is 2.68 bits per heavy atom. The van der Waals surface area contributed by atoms with Gasteiger partial charge >= 0.3 is 0 Å². The van der Waals surface area contributed by atoms with Gasteiger partial charge in [0.15, 0.2) is 11.5 Å². The first-order valence-electron chi connectivity index (χ1n) is 10.5. The fraction of sp³-hybridized carbons (Fsp3) is 0.333. The Morgan fingerprint density at radius 1 is 1.16 bits per heavy atom. The number of hydrogen-bond donors (Lipinski definition) is 1. The van der Waals surface area contributed by atoms with Crippen molar-refractivity contribution in [3.63, 3.8) is 0 Å². The van der Waals surface area contributed by atoms with Gasteiger partial charge in [-0.2, -0.15) is 0 Å². The van der Waals surface area contributed by atoms with Crippen LogP contribution >= 0.6 is 11.3 Å². The summed E-state index contributed by atoms with van der Waals surface area (Å²) >= 11 is 1.68. The summed E-state index contributed by atoms with van der Waals surface area (Å²) in [5.41, 5.74) is 2.44. The lowest BCUT2D eigenvalue weighted by atomic mass is 9.73. The Morgan fingerprint density at radius 2 is 1.97 bits per heavy atom. The van der Waals surface area contributed by atoms with E-state index in [1.807, 2.05) is 54.0 Å². The fourth-order valence-corrected chi connectivity index (χ4v) is 5.20. The van der Waals surface area contributed by atoms with Crippen LogP contribution in [0.1, 0.15) is 29.0 Å². The van der Waals surface area contributed by atoms with Crippen LogP contribution in [0.2, 0.25) is 0 Å². The Kier molecular flexibility index (Phi) is 5.38. The number of carbonyl (C=O) groups excluding carboxylic acids is 1. The van der Waals surface area contributed by atoms with Gasteiger partial charge in [-0.3, -0.25) is 9.69 Å². The van der Waals surface area contributed by atoms with Crippen LogP contribution in [-0.4, -0.2) is 36.0 Å². The molecule has 2 aromatic carbocycles. The molecule has 1 fully saturated rings. The smallest absolute Gasteiger partial charge is 0.235 e. The van der Waals surface area contributed by atoms with Crippen LogP contribution in [0.5, 0.6) is 11.5 Å². The number of nitrogens with zero attached hydrogens (tertiary/aromatic N) is 2. The van der Waals surface area contributed by atoms with Crippen molar-refractivity contribution in [3.8, 4) is 11.5 Å². The highest BCUT2D eigenvalue weighted by Gasteiger charge is 2.49. The van der Waals surface area contributed by atoms with Crippen LogP contribution in [0.3, 0.4) is 0 Å². The molecule has 160 valence electrons. The first-order chi connectivity index (χ1) is 15.2. The highest BCUT2D eigenvalue weighted by molar-refractivity contribution is 7.09. The van der Waals surface area contributed by atoms with E-state index < -0.39 is 5.41 Å². The molecule has 2 aliphatic rings. The third kappa shape index (κ3) is 3.79. The number of ether oxygens (including phenoxy) is 2. The lowest BCUT2D eigenvalue weighted by Crippen LogP contribution is -2.46. The van der Waals surface area contributed by atoms with E-state index in [0.29, 0.717) is 18.1 Å². The molecule has 31 heavy (non-hydrogen) atoms. The topological polar surface area (TPSA) is 63.7 Å². The van der Waals surface area contributed by atoms with Gasteiger partial charge < -0.3 is 14.8 Å². The highest BCUT2D eigenvalue weighted by Crippen LogP contribution is 2.49. The third-order valence-electron chi connectivity index (χ3n) is 6.29. The minimum atomic E-state index is -0.500. The molecular weight excluding hydrogens is 410 g/mol. The molecular formula is C24H25N3O3S. The molecule has 1 spiro atoms. The summed E-state index contributed by atoms with van der Waals surface area (Å²) in [5.74, 6) is 1.39. The molecule has 1 amide bonds. The minimum absolute atomic E-state index is 0.0821. The summed E-state index contributed by atoms with van der Waals surface area (Å²) in [6.45, 7) is 3.01. The Labute approximate surface area is 185 Å². The van der Waals surface area contributed by atoms with Gasteiger partial charge in [0.25, 0.3) is 0 Å². The molecule has 6 nitrogen and oxygen atoms in total. The molecule has 3 aromatic rings. The van der Waals surface area contributed by atoms with Crippen LogP contribution in [-0.2, 0) is 23.4 Å². The molecule has 7 heteroatoms. The summed E-state index contributed by atoms with van der Waals surface area (Å²) in [4.78, 5) is 19.9. The van der Waals surface area contributed by atoms with Gasteiger partial charge in [-0.1, -0.05) is 30.3 Å². The maximum absolute atomic E-state index is 13.1. The van der Waals surface area contributed by atoms with Crippen molar-refractivity contribution in [2.24, 2.45) is 0 Å². The van der Waals surface area contributed by atoms with E-state index in [-0.39, 0.29) is 5.91 Å².